The molecule has 3 unspecified atom stereocenters. The highest BCUT2D eigenvalue weighted by Gasteiger charge is 2.41. The van der Waals surface area contributed by atoms with Crippen molar-refractivity contribution in [3.63, 3.8) is 0 Å². The van der Waals surface area contributed by atoms with Gasteiger partial charge in [-0.15, -0.1) is 0 Å². The summed E-state index contributed by atoms with van der Waals surface area (Å²) < 4.78 is 96.6. The van der Waals surface area contributed by atoms with Crippen molar-refractivity contribution in [2.75, 3.05) is 33.9 Å². The maximum absolute atomic E-state index is 13.4. The maximum atomic E-state index is 13.4. The first-order valence-electron chi connectivity index (χ1n) is 38.1. The predicted octanol–water partition coefficient (Wildman–Crippen LogP) is 16.4. The van der Waals surface area contributed by atoms with Crippen molar-refractivity contribution in [3.05, 3.63) is 143 Å². The SMILES string of the molecule is CCCCCC(=O)C[C@H]1C[C@@H](CCN(C(=O)C(C)C)C(C(=O)O)c2ccc(F)cc2)OC(C)(C)O1.CCCCCC(=O)C[C@H]1C[C@@H](CCN)OC(C)(C)O1.CCCCCC(=O)C[C@H]1C[C@@H](CCNC(C(=O)OC)c2ccc(F)cc2)OC(C)(C)O1.COC(=O)C(Br)c1ccc(F)cc1.O=C(O)Cc1ccc(F)cc1. The first-order chi connectivity index (χ1) is 51.5. The van der Waals surface area contributed by atoms with Crippen LogP contribution in [0.25, 0.3) is 0 Å². The van der Waals surface area contributed by atoms with E-state index in [0.717, 1.165) is 70.6 Å². The molecule has 3 fully saturated rings. The van der Waals surface area contributed by atoms with Crippen molar-refractivity contribution in [2.45, 2.75) is 288 Å². The molecule has 7 rings (SSSR count). The third-order valence-electron chi connectivity index (χ3n) is 17.8. The van der Waals surface area contributed by atoms with Crippen molar-refractivity contribution in [2.24, 2.45) is 11.7 Å². The largest absolute Gasteiger partial charge is 0.481 e. The van der Waals surface area contributed by atoms with Crippen LogP contribution in [0.1, 0.15) is 250 Å². The average molecular weight is 1600 g/mol. The average Bonchev–Trinajstić information content (AvgIpc) is 0.818. The molecule has 109 heavy (non-hydrogen) atoms. The number of nitrogens with one attached hydrogen (secondary N) is 1. The number of carbonyl (C=O) groups is 8. The topological polar surface area (TPSA) is 292 Å². The van der Waals surface area contributed by atoms with Crippen LogP contribution in [0.5, 0.6) is 0 Å². The Hall–Kier alpha value is -6.88. The van der Waals surface area contributed by atoms with E-state index in [1.165, 1.54) is 104 Å². The number of benzene rings is 4. The minimum absolute atomic E-state index is 0.0190. The Morgan fingerprint density at radius 3 is 1.21 bits per heavy atom. The number of ether oxygens (including phenoxy) is 8. The van der Waals surface area contributed by atoms with Crippen molar-refractivity contribution in [3.8, 4) is 0 Å². The Labute approximate surface area is 650 Å². The summed E-state index contributed by atoms with van der Waals surface area (Å²) in [7, 11) is 2.63. The molecule has 3 aliphatic heterocycles. The summed E-state index contributed by atoms with van der Waals surface area (Å²) in [4.78, 5) is 96.1. The van der Waals surface area contributed by atoms with Gasteiger partial charge >= 0.3 is 23.9 Å². The standard InChI is InChI=1S/C27H40FNO6.C24H36FNO5.C15H29NO3.C9H8BrFO2.C8H7FO2/c1-6-7-8-9-21(30)16-23-17-22(34-27(4,5)35-23)14-15-29(25(31)18(2)3)24(26(32)33)19-10-12-20(28)13-11-19;1-5-6-7-8-19(27)15-21-16-20(30-24(2,3)31-21)13-14-26-22(23(28)29-4)17-9-11-18(25)12-10-17;1-4-5-6-7-12(17)10-14-11-13(8-9-16)18-15(2,3)19-14;1-13-9(12)8(10)6-2-4-7(11)5-3-6;9-7-3-1-6(2-4-7)5-8(10)11/h10-13,18,22-24H,6-9,14-17H2,1-5H3,(H,32,33);9-12,20-22,26H,5-8,13-16H2,1-4H3;13-14H,4-11,16H2,1-3H3;2-5,8H,1H3;1-4H,5H2,(H,10,11)/t22-,23+,24?;20-,21+,22?;13-,14+;;/m111../s1. The molecule has 0 saturated carbocycles. The number of nitrogens with two attached hydrogens (primary N) is 1. The highest BCUT2D eigenvalue weighted by atomic mass is 79.9. The molecule has 0 spiro atoms. The first kappa shape index (κ1) is 96.3. The van der Waals surface area contributed by atoms with E-state index in [1.54, 1.807) is 39.8 Å². The van der Waals surface area contributed by atoms with Gasteiger partial charge < -0.3 is 64.1 Å². The lowest BCUT2D eigenvalue weighted by Gasteiger charge is -2.41. The van der Waals surface area contributed by atoms with Crippen LogP contribution < -0.4 is 11.1 Å². The summed E-state index contributed by atoms with van der Waals surface area (Å²) in [6.45, 7) is 22.2. The van der Waals surface area contributed by atoms with Crippen LogP contribution >= 0.6 is 15.9 Å². The van der Waals surface area contributed by atoms with E-state index in [9.17, 15) is 61.0 Å². The summed E-state index contributed by atoms with van der Waals surface area (Å²) >= 11 is 3.14. The minimum Gasteiger partial charge on any atom is -0.481 e. The zero-order valence-electron chi connectivity index (χ0n) is 66.0. The number of aliphatic carboxylic acids is 2. The molecule has 0 aromatic heterocycles. The number of unbranched alkanes of at least 4 members (excludes halogenated alkanes) is 6. The van der Waals surface area contributed by atoms with Crippen LogP contribution in [-0.2, 0) is 82.7 Å². The van der Waals surface area contributed by atoms with Gasteiger partial charge in [0.05, 0.1) is 57.3 Å². The van der Waals surface area contributed by atoms with Gasteiger partial charge in [-0.1, -0.05) is 138 Å². The number of hydrogen-bond acceptors (Lipinski definition) is 18. The third-order valence-corrected chi connectivity index (χ3v) is 18.7. The number of nitrogens with zero attached hydrogens (tertiary/aromatic N) is 1. The monoisotopic (exact) mass is 1600 g/mol. The highest BCUT2D eigenvalue weighted by Crippen LogP contribution is 2.35. The van der Waals surface area contributed by atoms with Gasteiger partial charge in [0.2, 0.25) is 5.91 Å². The Bertz CT molecular complexity index is 3370. The third kappa shape index (κ3) is 38.7. The Balaban J connectivity index is 0.000000376. The number of carboxylic acid groups (broad SMARTS) is 2. The van der Waals surface area contributed by atoms with Crippen molar-refractivity contribution in [1.82, 2.24) is 10.2 Å². The van der Waals surface area contributed by atoms with Crippen LogP contribution in [0.15, 0.2) is 97.1 Å². The van der Waals surface area contributed by atoms with Gasteiger partial charge in [0.1, 0.15) is 51.5 Å². The number of halogens is 5. The molecular formula is C83H120BrF4N3O18. The summed E-state index contributed by atoms with van der Waals surface area (Å²) in [5, 5.41) is 21.5. The van der Waals surface area contributed by atoms with Gasteiger partial charge in [-0.2, -0.15) is 0 Å². The summed E-state index contributed by atoms with van der Waals surface area (Å²) in [5.41, 5.74) is 7.84. The lowest BCUT2D eigenvalue weighted by atomic mass is 9.98. The molecule has 5 N–H and O–H groups in total. The van der Waals surface area contributed by atoms with Gasteiger partial charge in [0.25, 0.3) is 0 Å². The minimum atomic E-state index is -1.24. The molecule has 4 aromatic rings. The van der Waals surface area contributed by atoms with Crippen LogP contribution in [0.2, 0.25) is 0 Å². The Kier molecular flexibility index (Phi) is 44.3. The number of hydrogen-bond donors (Lipinski definition) is 4. The normalized spacial score (nSPS) is 19.7. The van der Waals surface area contributed by atoms with E-state index in [1.807, 2.05) is 27.7 Å². The second-order valence-electron chi connectivity index (χ2n) is 29.2. The molecule has 3 saturated heterocycles. The number of esters is 2. The smallest absolute Gasteiger partial charge is 0.331 e. The second kappa shape index (κ2) is 50.2. The zero-order chi connectivity index (χ0) is 81.4. The lowest BCUT2D eigenvalue weighted by molar-refractivity contribution is -0.300. The van der Waals surface area contributed by atoms with Crippen molar-refractivity contribution < 1.29 is 104 Å². The number of carbonyl (C=O) groups excluding carboxylic acids is 6. The van der Waals surface area contributed by atoms with E-state index in [4.69, 9.17) is 44.0 Å². The number of carboxylic acids is 2. The molecule has 21 nitrogen and oxygen atoms in total. The molecule has 1 amide bonds. The highest BCUT2D eigenvalue weighted by molar-refractivity contribution is 9.09. The molecule has 3 aliphatic rings. The van der Waals surface area contributed by atoms with Gasteiger partial charge in [0.15, 0.2) is 23.4 Å². The Morgan fingerprint density at radius 2 is 0.862 bits per heavy atom. The molecule has 3 heterocycles. The summed E-state index contributed by atoms with van der Waals surface area (Å²) in [5.74, 6) is -6.73. The fourth-order valence-electron chi connectivity index (χ4n) is 12.8. The van der Waals surface area contributed by atoms with Gasteiger partial charge in [-0.05, 0) is 164 Å². The van der Waals surface area contributed by atoms with E-state index in [2.05, 4.69) is 46.8 Å². The zero-order valence-corrected chi connectivity index (χ0v) is 67.6. The van der Waals surface area contributed by atoms with E-state index >= 15 is 0 Å². The second-order valence-corrected chi connectivity index (χ2v) is 30.1. The lowest BCUT2D eigenvalue weighted by Crippen LogP contribution is -2.47. The number of alkyl halides is 1. The number of ketones is 3. The first-order valence-corrected chi connectivity index (χ1v) is 39.0. The van der Waals surface area contributed by atoms with Crippen LogP contribution in [0.3, 0.4) is 0 Å². The number of methoxy groups -OCH3 is 2. The molecule has 0 radical (unpaired) electrons. The molecule has 610 valence electrons. The van der Waals surface area contributed by atoms with E-state index in [0.29, 0.717) is 105 Å². The van der Waals surface area contributed by atoms with E-state index in [-0.39, 0.29) is 84.5 Å². The summed E-state index contributed by atoms with van der Waals surface area (Å²) in [6.07, 6.45) is 15.2. The number of Topliss-reactive ketones (excluding diaryl/α,β-unsaturated/α-hetero) is 3. The van der Waals surface area contributed by atoms with E-state index < -0.39 is 69.9 Å². The molecule has 26 heteroatoms. The Morgan fingerprint density at radius 1 is 0.514 bits per heavy atom. The molecule has 0 bridgehead atoms. The van der Waals surface area contributed by atoms with Crippen molar-refractivity contribution in [1.29, 1.82) is 0 Å². The molecule has 9 atom stereocenters. The van der Waals surface area contributed by atoms with Crippen LogP contribution in [-0.4, -0.2) is 150 Å². The number of amides is 1. The fraction of sp³-hybridized carbons (Fsp3) is 0.614. The van der Waals surface area contributed by atoms with Gasteiger partial charge in [0, 0.05) is 70.3 Å². The van der Waals surface area contributed by atoms with Gasteiger partial charge in [-0.3, -0.25) is 28.8 Å². The van der Waals surface area contributed by atoms with Crippen LogP contribution in [0, 0.1) is 29.2 Å². The molecule has 0 aliphatic carbocycles. The molecule has 4 aromatic carbocycles. The fourth-order valence-corrected chi connectivity index (χ4v) is 13.3. The van der Waals surface area contributed by atoms with Gasteiger partial charge in [-0.25, -0.2) is 27.2 Å². The number of rotatable bonds is 37. The van der Waals surface area contributed by atoms with Crippen LogP contribution in [0.4, 0.5) is 17.6 Å². The summed E-state index contributed by atoms with van der Waals surface area (Å²) in [6, 6.07) is 20.1. The quantitative estimate of drug-likeness (QED) is 0.0141. The predicted molar refractivity (Wildman–Crippen MR) is 410 cm³/mol. The maximum Gasteiger partial charge on any atom is 0.331 e. The molecular weight excluding hydrogens is 1480 g/mol. The van der Waals surface area contributed by atoms with Crippen molar-refractivity contribution >= 4 is 63.1 Å².